The molecule has 0 saturated carbocycles. The number of carbonyl (C=O) groups is 4. The van der Waals surface area contributed by atoms with Gasteiger partial charge in [-0.25, -0.2) is 4.90 Å². The summed E-state index contributed by atoms with van der Waals surface area (Å²) in [5, 5.41) is 0. The molecule has 15 nitrogen and oxygen atoms in total. The second kappa shape index (κ2) is 28.1. The van der Waals surface area contributed by atoms with Crippen LogP contribution in [0.25, 0.3) is 0 Å². The average molecular weight is 1010 g/mol. The van der Waals surface area contributed by atoms with Gasteiger partial charge in [-0.2, -0.15) is 0 Å². The van der Waals surface area contributed by atoms with Gasteiger partial charge in [-0.3, -0.25) is 19.2 Å². The number of hydrogen-bond donors (Lipinski definition) is 0. The molecule has 0 N–H and O–H groups in total. The van der Waals surface area contributed by atoms with Crippen LogP contribution in [0.15, 0.2) is 109 Å². The van der Waals surface area contributed by atoms with E-state index in [4.69, 9.17) is 47.4 Å². The molecule has 0 unspecified atom stereocenters. The predicted octanol–water partition coefficient (Wildman–Crippen LogP) is 9.93. The summed E-state index contributed by atoms with van der Waals surface area (Å²) in [5.41, 5.74) is 5.65. The van der Waals surface area contributed by atoms with E-state index >= 15 is 0 Å². The smallest absolute Gasteiger partial charge is 0.266 e. The van der Waals surface area contributed by atoms with E-state index in [9.17, 15) is 19.2 Å². The molecule has 15 heteroatoms. The van der Waals surface area contributed by atoms with Gasteiger partial charge in [-0.1, -0.05) is 39.0 Å². The van der Waals surface area contributed by atoms with Crippen molar-refractivity contribution >= 4 is 29.1 Å². The van der Waals surface area contributed by atoms with E-state index in [1.807, 2.05) is 54.6 Å². The minimum atomic E-state index is -0.362. The zero-order chi connectivity index (χ0) is 53.1. The van der Waals surface area contributed by atoms with Crippen LogP contribution in [0, 0.1) is 0 Å². The SMILES string of the molecule is COCc1ccc(OCCCCOc2ccc(C(C)=O)cc2)cc1.COCc1ccc2c(c1)C(=O)N(c1ccc(C(C)=O)cc1)C2=O.CO[C@H]1CO[C@@H]2[C@H]1OC[C@H]2OC.COc1ccc(OC)c(C(C)(C)C)c1. The van der Waals surface area contributed by atoms with Crippen LogP contribution in [0.4, 0.5) is 5.69 Å². The first-order valence-electron chi connectivity index (χ1n) is 24.1. The lowest BCUT2D eigenvalue weighted by molar-refractivity contribution is -0.0267. The Balaban J connectivity index is 0.000000187. The zero-order valence-electron chi connectivity index (χ0n) is 44.0. The van der Waals surface area contributed by atoms with Crippen molar-refractivity contribution in [3.05, 3.63) is 148 Å². The number of imide groups is 1. The molecule has 8 rings (SSSR count). The molecule has 2 saturated heterocycles. The number of rotatable bonds is 18. The molecule has 3 aliphatic rings. The first-order chi connectivity index (χ1) is 35.1. The van der Waals surface area contributed by atoms with E-state index in [1.165, 1.54) is 12.5 Å². The van der Waals surface area contributed by atoms with E-state index in [-0.39, 0.29) is 53.2 Å². The van der Waals surface area contributed by atoms with Crippen molar-refractivity contribution in [2.75, 3.05) is 74.0 Å². The second-order valence-electron chi connectivity index (χ2n) is 18.4. The fourth-order valence-electron chi connectivity index (χ4n) is 8.08. The van der Waals surface area contributed by atoms with Crippen LogP contribution in [0.2, 0.25) is 0 Å². The molecule has 0 aromatic heterocycles. The summed E-state index contributed by atoms with van der Waals surface area (Å²) in [4.78, 5) is 48.7. The summed E-state index contributed by atoms with van der Waals surface area (Å²) >= 11 is 0. The molecule has 0 spiro atoms. The van der Waals surface area contributed by atoms with Crippen LogP contribution in [0.5, 0.6) is 23.0 Å². The van der Waals surface area contributed by atoms with Crippen molar-refractivity contribution < 1.29 is 66.5 Å². The molecule has 3 heterocycles. The highest BCUT2D eigenvalue weighted by Crippen LogP contribution is 2.34. The molecule has 3 aliphatic heterocycles. The maximum absolute atomic E-state index is 12.6. The van der Waals surface area contributed by atoms with Gasteiger partial charge < -0.3 is 47.4 Å². The molecular formula is C58H71NO14. The van der Waals surface area contributed by atoms with Gasteiger partial charge in [0.1, 0.15) is 47.4 Å². The Kier molecular flexibility index (Phi) is 22.1. The third kappa shape index (κ3) is 16.0. The largest absolute Gasteiger partial charge is 0.497 e. The monoisotopic (exact) mass is 1010 g/mol. The normalized spacial score (nSPS) is 17.4. The molecule has 5 aromatic carbocycles. The number of benzene rings is 5. The summed E-state index contributed by atoms with van der Waals surface area (Å²) in [6, 6.07) is 32.6. The molecule has 0 radical (unpaired) electrons. The lowest BCUT2D eigenvalue weighted by Gasteiger charge is -2.22. The van der Waals surface area contributed by atoms with E-state index in [0.717, 1.165) is 51.9 Å². The van der Waals surface area contributed by atoms with Gasteiger partial charge >= 0.3 is 0 Å². The van der Waals surface area contributed by atoms with Crippen molar-refractivity contribution in [2.45, 2.75) is 90.5 Å². The van der Waals surface area contributed by atoms with Crippen molar-refractivity contribution in [2.24, 2.45) is 0 Å². The highest BCUT2D eigenvalue weighted by Gasteiger charge is 2.48. The Morgan fingerprint density at radius 2 is 1.03 bits per heavy atom. The molecule has 4 atom stereocenters. The Morgan fingerprint density at radius 3 is 1.49 bits per heavy atom. The highest BCUT2D eigenvalue weighted by molar-refractivity contribution is 6.34. The van der Waals surface area contributed by atoms with Crippen molar-refractivity contribution in [1.29, 1.82) is 0 Å². The first kappa shape index (κ1) is 57.4. The lowest BCUT2D eigenvalue weighted by Crippen LogP contribution is -2.32. The van der Waals surface area contributed by atoms with Gasteiger partial charge in [0.25, 0.3) is 11.8 Å². The number of methoxy groups -OCH3 is 6. The summed E-state index contributed by atoms with van der Waals surface area (Å²) in [6.45, 7) is 13.0. The maximum atomic E-state index is 12.6. The third-order valence-electron chi connectivity index (χ3n) is 12.1. The van der Waals surface area contributed by atoms with E-state index in [1.54, 1.807) is 104 Å². The standard InChI is InChI=1S/C20H24O4.C18H15NO4.C12H18O2.C8H14O4/c1-16(21)18-7-11-20(12-8-18)24-14-4-3-13-23-19-9-5-17(6-10-19)15-22-2;1-11(20)13-4-6-14(7-5-13)19-17(21)15-8-3-12(10-23-2)9-16(15)18(19)22;1-12(2,3)10-8-9(13-4)6-7-11(10)14-5;1-9-5-3-11-8-6(10-2)4-12-7(5)8/h5-12H,3-4,13-15H2,1-2H3;3-9H,10H2,1-2H3;6-8H,1-5H3;5-8H,3-4H2,1-2H3/t;;;5-,6+,7-,8-/m...0/s1. The van der Waals surface area contributed by atoms with Crippen LogP contribution in [0.1, 0.15) is 106 Å². The number of hydrogen-bond acceptors (Lipinski definition) is 14. The number of carbonyl (C=O) groups excluding carboxylic acids is 4. The second-order valence-corrected chi connectivity index (χ2v) is 18.4. The molecule has 0 aliphatic carbocycles. The Labute approximate surface area is 429 Å². The van der Waals surface area contributed by atoms with E-state index in [0.29, 0.717) is 67.6 Å². The molecule has 2 fully saturated rings. The van der Waals surface area contributed by atoms with Crippen molar-refractivity contribution in [1.82, 2.24) is 0 Å². The number of nitrogens with zero attached hydrogens (tertiary/aromatic N) is 1. The van der Waals surface area contributed by atoms with Gasteiger partial charge in [0, 0.05) is 45.1 Å². The molecule has 5 aromatic rings. The molecule has 73 heavy (non-hydrogen) atoms. The van der Waals surface area contributed by atoms with Gasteiger partial charge in [0.05, 0.1) is 70.7 Å². The van der Waals surface area contributed by atoms with Crippen LogP contribution in [-0.2, 0) is 47.0 Å². The Hall–Kier alpha value is -6.46. The maximum Gasteiger partial charge on any atom is 0.266 e. The van der Waals surface area contributed by atoms with E-state index < -0.39 is 0 Å². The van der Waals surface area contributed by atoms with Gasteiger partial charge in [-0.15, -0.1) is 0 Å². The van der Waals surface area contributed by atoms with Crippen molar-refractivity contribution in [3.8, 4) is 23.0 Å². The Bertz CT molecular complexity index is 2540. The first-order valence-corrected chi connectivity index (χ1v) is 24.1. The summed E-state index contributed by atoms with van der Waals surface area (Å²) in [6.07, 6.45) is 2.13. The van der Waals surface area contributed by atoms with Crippen LogP contribution in [0.3, 0.4) is 0 Å². The number of fused-ring (bicyclic) bond motifs is 2. The van der Waals surface area contributed by atoms with Crippen LogP contribution in [-0.4, -0.2) is 117 Å². The van der Waals surface area contributed by atoms with Crippen molar-refractivity contribution in [3.63, 3.8) is 0 Å². The molecule has 392 valence electrons. The fraction of sp³-hybridized carbons (Fsp3) is 0.414. The quantitative estimate of drug-likeness (QED) is 0.0463. The minimum absolute atomic E-state index is 0.0638. The third-order valence-corrected chi connectivity index (χ3v) is 12.1. The minimum Gasteiger partial charge on any atom is -0.497 e. The van der Waals surface area contributed by atoms with Gasteiger partial charge in [0.15, 0.2) is 11.6 Å². The number of ether oxygens (including phenoxy) is 10. The van der Waals surface area contributed by atoms with Gasteiger partial charge in [-0.05, 0) is 134 Å². The summed E-state index contributed by atoms with van der Waals surface area (Å²) in [5.74, 6) is 2.72. The average Bonchev–Trinajstić information content (AvgIpc) is 4.07. The number of unbranched alkanes of at least 4 members (excludes halogenated alkanes) is 1. The molecule has 2 amide bonds. The zero-order valence-corrected chi connectivity index (χ0v) is 44.0. The summed E-state index contributed by atoms with van der Waals surface area (Å²) in [7, 11) is 9.98. The van der Waals surface area contributed by atoms with E-state index in [2.05, 4.69) is 20.8 Å². The number of anilines is 1. The highest BCUT2D eigenvalue weighted by atomic mass is 16.6. The predicted molar refractivity (Wildman–Crippen MR) is 278 cm³/mol. The Morgan fingerprint density at radius 1 is 0.562 bits per heavy atom. The lowest BCUT2D eigenvalue weighted by atomic mass is 9.86. The number of ketones is 2. The number of amides is 2. The fourth-order valence-corrected chi connectivity index (χ4v) is 8.08. The number of Topliss-reactive ketones (excluding diaryl/α,β-unsaturated/α-hetero) is 2. The summed E-state index contributed by atoms with van der Waals surface area (Å²) < 4.78 is 53.4. The van der Waals surface area contributed by atoms with Crippen LogP contribution >= 0.6 is 0 Å². The molecular weight excluding hydrogens is 935 g/mol. The topological polar surface area (TPSA) is 164 Å². The van der Waals surface area contributed by atoms with Gasteiger partial charge in [0.2, 0.25) is 0 Å². The molecule has 0 bridgehead atoms. The van der Waals surface area contributed by atoms with Crippen LogP contribution < -0.4 is 23.8 Å².